The molecule has 8 nitrogen and oxygen atoms in total. The Kier molecular flexibility index (Phi) is 4.79. The third-order valence-corrected chi connectivity index (χ3v) is 5.75. The van der Waals surface area contributed by atoms with Gasteiger partial charge in [0.1, 0.15) is 5.52 Å². The number of nitrogens with one attached hydrogen (secondary N) is 1. The Hall–Kier alpha value is -2.52. The van der Waals surface area contributed by atoms with Crippen molar-refractivity contribution in [3.8, 4) is 5.88 Å². The predicted octanol–water partition coefficient (Wildman–Crippen LogP) is 2.89. The van der Waals surface area contributed by atoms with Crippen molar-refractivity contribution in [2.75, 3.05) is 25.6 Å². The first-order valence-corrected chi connectivity index (χ1v) is 9.61. The van der Waals surface area contributed by atoms with Crippen molar-refractivity contribution >= 4 is 32.6 Å². The monoisotopic (exact) mass is 387 g/mol. The van der Waals surface area contributed by atoms with Gasteiger partial charge in [0.25, 0.3) is 5.91 Å². The molecule has 1 amide bonds. The molecule has 3 aromatic heterocycles. The van der Waals surface area contributed by atoms with Gasteiger partial charge in [-0.05, 0) is 31.2 Å². The highest BCUT2D eigenvalue weighted by Crippen LogP contribution is 2.41. The van der Waals surface area contributed by atoms with Crippen LogP contribution in [0.2, 0.25) is 0 Å². The van der Waals surface area contributed by atoms with Gasteiger partial charge in [-0.3, -0.25) is 14.8 Å². The van der Waals surface area contributed by atoms with Crippen molar-refractivity contribution in [2.45, 2.75) is 25.7 Å². The van der Waals surface area contributed by atoms with Crippen LogP contribution in [0.5, 0.6) is 5.88 Å². The molecular weight excluding hydrogens is 366 g/mol. The van der Waals surface area contributed by atoms with E-state index in [4.69, 9.17) is 9.47 Å². The minimum Gasteiger partial charge on any atom is -0.479 e. The number of nitrogens with zero attached hydrogens (tertiary/aromatic N) is 4. The molecule has 4 heterocycles. The number of fused-ring (bicyclic) bond motifs is 1. The molecule has 0 atom stereocenters. The molecule has 0 unspecified atom stereocenters. The topological polar surface area (TPSA) is 91.2 Å². The molecular formula is C18H21N5O3S. The fraction of sp³-hybridized carbons (Fsp3) is 0.444. The predicted molar refractivity (Wildman–Crippen MR) is 103 cm³/mol. The zero-order chi connectivity index (χ0) is 19.0. The second kappa shape index (κ2) is 7.24. The van der Waals surface area contributed by atoms with Crippen LogP contribution in [0.4, 0.5) is 5.13 Å². The lowest BCUT2D eigenvalue weighted by Crippen LogP contribution is -2.15. The summed E-state index contributed by atoms with van der Waals surface area (Å²) in [4.78, 5) is 21.6. The minimum absolute atomic E-state index is 0.238. The summed E-state index contributed by atoms with van der Waals surface area (Å²) in [6.45, 7) is 3.50. The lowest BCUT2D eigenvalue weighted by atomic mass is 9.90. The van der Waals surface area contributed by atoms with Gasteiger partial charge >= 0.3 is 0 Å². The zero-order valence-corrected chi connectivity index (χ0v) is 16.3. The number of amides is 1. The van der Waals surface area contributed by atoms with Crippen LogP contribution in [-0.2, 0) is 11.8 Å². The number of rotatable bonds is 4. The molecule has 1 aliphatic heterocycles. The number of carbonyl (C=O) groups is 1. The SMILES string of the molecule is COc1nc(C)c(C2CCOCC2)c2sc(NC(=O)c3cnn(C)c3)nc12. The molecule has 1 N–H and O–H groups in total. The van der Waals surface area contributed by atoms with E-state index in [2.05, 4.69) is 20.4 Å². The molecule has 0 spiro atoms. The van der Waals surface area contributed by atoms with Crippen LogP contribution in [-0.4, -0.2) is 46.0 Å². The highest BCUT2D eigenvalue weighted by molar-refractivity contribution is 7.22. The molecule has 142 valence electrons. The first-order valence-electron chi connectivity index (χ1n) is 8.79. The molecule has 0 saturated carbocycles. The number of aryl methyl sites for hydroxylation is 2. The maximum atomic E-state index is 12.5. The maximum Gasteiger partial charge on any atom is 0.260 e. The summed E-state index contributed by atoms with van der Waals surface area (Å²) in [6, 6.07) is 0. The highest BCUT2D eigenvalue weighted by atomic mass is 32.1. The van der Waals surface area contributed by atoms with Gasteiger partial charge in [-0.1, -0.05) is 11.3 Å². The molecule has 1 saturated heterocycles. The molecule has 1 fully saturated rings. The molecule has 4 rings (SSSR count). The van der Waals surface area contributed by atoms with E-state index in [1.54, 1.807) is 25.0 Å². The number of thiazole rings is 1. The molecule has 1 aliphatic rings. The lowest BCUT2D eigenvalue weighted by Gasteiger charge is -2.24. The smallest absolute Gasteiger partial charge is 0.260 e. The van der Waals surface area contributed by atoms with Gasteiger partial charge < -0.3 is 9.47 Å². The molecule has 27 heavy (non-hydrogen) atoms. The number of pyridine rings is 1. The number of methoxy groups -OCH3 is 1. The number of hydrogen-bond donors (Lipinski definition) is 1. The Balaban J connectivity index is 1.74. The Morgan fingerprint density at radius 3 is 2.81 bits per heavy atom. The van der Waals surface area contributed by atoms with Crippen LogP contribution in [0.1, 0.15) is 40.4 Å². The van der Waals surface area contributed by atoms with E-state index in [9.17, 15) is 4.79 Å². The number of aromatic nitrogens is 4. The van der Waals surface area contributed by atoms with Crippen molar-refractivity contribution in [3.63, 3.8) is 0 Å². The lowest BCUT2D eigenvalue weighted by molar-refractivity contribution is 0.0854. The van der Waals surface area contributed by atoms with Crippen molar-refractivity contribution in [3.05, 3.63) is 29.2 Å². The van der Waals surface area contributed by atoms with E-state index in [0.717, 1.165) is 36.4 Å². The Labute approximate surface area is 160 Å². The van der Waals surface area contributed by atoms with Crippen molar-refractivity contribution in [2.24, 2.45) is 7.05 Å². The Morgan fingerprint density at radius 2 is 2.15 bits per heavy atom. The van der Waals surface area contributed by atoms with Gasteiger partial charge in [0, 0.05) is 32.2 Å². The number of carbonyl (C=O) groups excluding carboxylic acids is 1. The van der Waals surface area contributed by atoms with Gasteiger partial charge in [-0.2, -0.15) is 5.10 Å². The normalized spacial score (nSPS) is 15.2. The summed E-state index contributed by atoms with van der Waals surface area (Å²) in [5.74, 6) is 0.622. The van der Waals surface area contributed by atoms with E-state index in [0.29, 0.717) is 28.0 Å². The molecule has 3 aromatic rings. The fourth-order valence-electron chi connectivity index (χ4n) is 3.45. The zero-order valence-electron chi connectivity index (χ0n) is 15.5. The standard InChI is InChI=1S/C18H21N5O3S/c1-10-13(11-4-6-26-7-5-11)15-14(17(20-10)25-3)21-18(27-15)22-16(24)12-8-19-23(2)9-12/h8-9,11H,4-7H2,1-3H3,(H,21,22,24). The van der Waals surface area contributed by atoms with Crippen LogP contribution in [0, 0.1) is 6.92 Å². The summed E-state index contributed by atoms with van der Waals surface area (Å²) >= 11 is 1.46. The van der Waals surface area contributed by atoms with E-state index in [-0.39, 0.29) is 5.91 Å². The quantitative estimate of drug-likeness (QED) is 0.740. The second-order valence-electron chi connectivity index (χ2n) is 6.56. The number of ether oxygens (including phenoxy) is 2. The molecule has 0 bridgehead atoms. The van der Waals surface area contributed by atoms with Gasteiger partial charge in [0.05, 0.1) is 23.6 Å². The van der Waals surface area contributed by atoms with E-state index < -0.39 is 0 Å². The highest BCUT2D eigenvalue weighted by Gasteiger charge is 2.25. The van der Waals surface area contributed by atoms with Crippen LogP contribution in [0.25, 0.3) is 10.2 Å². The summed E-state index contributed by atoms with van der Waals surface area (Å²) in [6.07, 6.45) is 5.11. The van der Waals surface area contributed by atoms with Gasteiger partial charge in [-0.25, -0.2) is 9.97 Å². The summed E-state index contributed by atoms with van der Waals surface area (Å²) in [7, 11) is 3.36. The second-order valence-corrected chi connectivity index (χ2v) is 7.56. The molecule has 9 heteroatoms. The Morgan fingerprint density at radius 1 is 1.37 bits per heavy atom. The minimum atomic E-state index is -0.238. The fourth-order valence-corrected chi connectivity index (χ4v) is 4.58. The van der Waals surface area contributed by atoms with Gasteiger partial charge in [-0.15, -0.1) is 0 Å². The van der Waals surface area contributed by atoms with Crippen LogP contribution in [0.3, 0.4) is 0 Å². The van der Waals surface area contributed by atoms with Gasteiger partial charge in [0.2, 0.25) is 5.88 Å². The molecule has 0 radical (unpaired) electrons. The van der Waals surface area contributed by atoms with Gasteiger partial charge in [0.15, 0.2) is 5.13 Å². The summed E-state index contributed by atoms with van der Waals surface area (Å²) < 4.78 is 13.6. The molecule has 0 aliphatic carbocycles. The van der Waals surface area contributed by atoms with Crippen LogP contribution in [0.15, 0.2) is 12.4 Å². The van der Waals surface area contributed by atoms with Crippen molar-refractivity contribution in [1.82, 2.24) is 19.7 Å². The number of hydrogen-bond acceptors (Lipinski definition) is 7. The summed E-state index contributed by atoms with van der Waals surface area (Å²) in [5, 5.41) is 7.43. The average molecular weight is 387 g/mol. The first-order chi connectivity index (χ1) is 13.1. The largest absolute Gasteiger partial charge is 0.479 e. The van der Waals surface area contributed by atoms with Crippen LogP contribution < -0.4 is 10.1 Å². The third-order valence-electron chi connectivity index (χ3n) is 4.74. The first kappa shape index (κ1) is 17.9. The number of anilines is 1. The van der Waals surface area contributed by atoms with E-state index in [1.807, 2.05) is 6.92 Å². The van der Waals surface area contributed by atoms with Crippen molar-refractivity contribution < 1.29 is 14.3 Å². The Bertz CT molecular complexity index is 990. The van der Waals surface area contributed by atoms with E-state index >= 15 is 0 Å². The van der Waals surface area contributed by atoms with Crippen LogP contribution >= 0.6 is 11.3 Å². The third kappa shape index (κ3) is 3.40. The van der Waals surface area contributed by atoms with E-state index in [1.165, 1.54) is 23.1 Å². The van der Waals surface area contributed by atoms with Crippen molar-refractivity contribution in [1.29, 1.82) is 0 Å². The molecule has 0 aromatic carbocycles. The summed E-state index contributed by atoms with van der Waals surface area (Å²) in [5.41, 5.74) is 3.31. The maximum absolute atomic E-state index is 12.5. The average Bonchev–Trinajstić information content (AvgIpc) is 3.28.